The SMILES string of the molecule is COc1ccccc1Oc1c(NS(=O)(=O)c2cc(Cl)sc2Cl)nc(N2CCOCC2)nc1OCCO. The van der Waals surface area contributed by atoms with Crippen molar-refractivity contribution in [3.05, 3.63) is 39.0 Å². The van der Waals surface area contributed by atoms with Crippen LogP contribution in [0.2, 0.25) is 8.67 Å². The lowest BCUT2D eigenvalue weighted by Crippen LogP contribution is -2.37. The number of aliphatic hydroxyl groups is 1. The summed E-state index contributed by atoms with van der Waals surface area (Å²) in [5.41, 5.74) is 0. The van der Waals surface area contributed by atoms with Crippen molar-refractivity contribution in [2.45, 2.75) is 4.90 Å². The number of hydrogen-bond donors (Lipinski definition) is 2. The topological polar surface area (TPSA) is 132 Å². The van der Waals surface area contributed by atoms with Crippen molar-refractivity contribution in [2.75, 3.05) is 56.2 Å². The molecule has 0 aliphatic carbocycles. The van der Waals surface area contributed by atoms with Gasteiger partial charge in [0.1, 0.15) is 15.8 Å². The van der Waals surface area contributed by atoms with E-state index in [2.05, 4.69) is 14.7 Å². The highest BCUT2D eigenvalue weighted by Crippen LogP contribution is 2.42. The third kappa shape index (κ3) is 6.05. The molecule has 15 heteroatoms. The van der Waals surface area contributed by atoms with Crippen LogP contribution in [0.3, 0.4) is 0 Å². The lowest BCUT2D eigenvalue weighted by Gasteiger charge is -2.28. The van der Waals surface area contributed by atoms with Crippen LogP contribution in [0.25, 0.3) is 0 Å². The molecular weight excluding hydrogens is 555 g/mol. The molecule has 0 amide bonds. The number of aliphatic hydroxyl groups excluding tert-OH is 1. The van der Waals surface area contributed by atoms with Gasteiger partial charge in [0.15, 0.2) is 17.3 Å². The van der Waals surface area contributed by atoms with E-state index in [1.165, 1.54) is 13.2 Å². The number of halogens is 2. The Morgan fingerprint density at radius 3 is 2.56 bits per heavy atom. The van der Waals surface area contributed by atoms with Gasteiger partial charge in [-0.1, -0.05) is 35.3 Å². The molecule has 0 saturated carbocycles. The average Bonchev–Trinajstić information content (AvgIpc) is 3.23. The first-order valence-electron chi connectivity index (χ1n) is 10.6. The molecule has 1 aliphatic heterocycles. The van der Waals surface area contributed by atoms with Gasteiger partial charge >= 0.3 is 0 Å². The van der Waals surface area contributed by atoms with Gasteiger partial charge in [-0.05, 0) is 18.2 Å². The van der Waals surface area contributed by atoms with Gasteiger partial charge < -0.3 is 29.0 Å². The normalized spacial score (nSPS) is 13.9. The summed E-state index contributed by atoms with van der Waals surface area (Å²) in [6, 6.07) is 8.00. The largest absolute Gasteiger partial charge is 0.493 e. The second kappa shape index (κ2) is 11.7. The van der Waals surface area contributed by atoms with Crippen LogP contribution in [-0.4, -0.2) is 70.1 Å². The van der Waals surface area contributed by atoms with Gasteiger partial charge in [-0.2, -0.15) is 9.97 Å². The lowest BCUT2D eigenvalue weighted by atomic mass is 10.3. The number of nitrogens with one attached hydrogen (secondary N) is 1. The summed E-state index contributed by atoms with van der Waals surface area (Å²) in [5, 5.41) is 9.35. The van der Waals surface area contributed by atoms with Crippen LogP contribution >= 0.6 is 34.5 Å². The van der Waals surface area contributed by atoms with Crippen LogP contribution in [0.4, 0.5) is 11.8 Å². The van der Waals surface area contributed by atoms with E-state index in [0.717, 1.165) is 11.3 Å². The van der Waals surface area contributed by atoms with Crippen LogP contribution in [0, 0.1) is 0 Å². The summed E-state index contributed by atoms with van der Waals surface area (Å²) in [5.74, 6) is 0.400. The Balaban J connectivity index is 1.84. The Morgan fingerprint density at radius 2 is 1.92 bits per heavy atom. The Bertz CT molecular complexity index is 1320. The number of ether oxygens (including phenoxy) is 4. The fourth-order valence-corrected chi connectivity index (χ4v) is 6.38. The van der Waals surface area contributed by atoms with Crippen molar-refractivity contribution < 1.29 is 32.5 Å². The first-order valence-corrected chi connectivity index (χ1v) is 13.6. The van der Waals surface area contributed by atoms with E-state index in [1.807, 2.05) is 4.90 Å². The molecule has 0 spiro atoms. The number of nitrogens with zero attached hydrogens (tertiary/aromatic N) is 3. The zero-order chi connectivity index (χ0) is 25.7. The van der Waals surface area contributed by atoms with Gasteiger partial charge in [0, 0.05) is 13.1 Å². The standard InChI is InChI=1S/C21H22Cl2N4O7S2/c1-31-13-4-2-3-5-14(13)34-17-19(26-36(29,30)15-12-16(22)35-18(15)23)24-21(25-20(17)33-11-8-28)27-6-9-32-10-7-27/h2-5,12,28H,6-11H2,1H3,(H,24,25,26). The van der Waals surface area contributed by atoms with E-state index in [9.17, 15) is 13.5 Å². The molecule has 0 atom stereocenters. The van der Waals surface area contributed by atoms with E-state index in [1.54, 1.807) is 24.3 Å². The van der Waals surface area contributed by atoms with Crippen LogP contribution in [-0.2, 0) is 14.8 Å². The van der Waals surface area contributed by atoms with Gasteiger partial charge in [-0.25, -0.2) is 8.42 Å². The Morgan fingerprint density at radius 1 is 1.19 bits per heavy atom. The minimum absolute atomic E-state index is 0.0149. The summed E-state index contributed by atoms with van der Waals surface area (Å²) >= 11 is 13.0. The van der Waals surface area contributed by atoms with Crippen molar-refractivity contribution in [3.63, 3.8) is 0 Å². The number of methoxy groups -OCH3 is 1. The molecule has 0 radical (unpaired) electrons. The molecule has 3 aromatic rings. The van der Waals surface area contributed by atoms with Crippen molar-refractivity contribution >= 4 is 56.3 Å². The summed E-state index contributed by atoms with van der Waals surface area (Å²) in [6.07, 6.45) is 0. The quantitative estimate of drug-likeness (QED) is 0.368. The average molecular weight is 577 g/mol. The van der Waals surface area contributed by atoms with Crippen LogP contribution in [0.5, 0.6) is 23.1 Å². The number of morpholine rings is 1. The van der Waals surface area contributed by atoms with Gasteiger partial charge in [0.25, 0.3) is 15.9 Å². The van der Waals surface area contributed by atoms with Gasteiger partial charge in [0.2, 0.25) is 11.7 Å². The predicted octanol–water partition coefficient (Wildman–Crippen LogP) is 3.65. The molecule has 3 heterocycles. The number of anilines is 2. The van der Waals surface area contributed by atoms with Crippen molar-refractivity contribution in [1.29, 1.82) is 0 Å². The number of sulfonamides is 1. The summed E-state index contributed by atoms with van der Waals surface area (Å²) in [4.78, 5) is 10.5. The van der Waals surface area contributed by atoms with E-state index in [0.29, 0.717) is 32.1 Å². The third-order valence-corrected chi connectivity index (χ3v) is 7.97. The van der Waals surface area contributed by atoms with E-state index in [4.69, 9.17) is 42.1 Å². The molecule has 2 aromatic heterocycles. The number of para-hydroxylation sites is 2. The Hall–Kier alpha value is -2.55. The number of hydrogen-bond acceptors (Lipinski definition) is 11. The smallest absolute Gasteiger partial charge is 0.265 e. The highest BCUT2D eigenvalue weighted by atomic mass is 35.5. The molecule has 0 unspecified atom stereocenters. The maximum atomic E-state index is 13.3. The van der Waals surface area contributed by atoms with Crippen molar-refractivity contribution in [3.8, 4) is 23.1 Å². The fourth-order valence-electron chi connectivity index (χ4n) is 3.23. The molecule has 194 valence electrons. The third-order valence-electron chi connectivity index (χ3n) is 4.87. The van der Waals surface area contributed by atoms with Gasteiger partial charge in [0.05, 0.1) is 31.3 Å². The lowest BCUT2D eigenvalue weighted by molar-refractivity contribution is 0.122. The summed E-state index contributed by atoms with van der Waals surface area (Å²) in [6.45, 7) is 1.41. The van der Waals surface area contributed by atoms with Crippen molar-refractivity contribution in [1.82, 2.24) is 9.97 Å². The minimum Gasteiger partial charge on any atom is -0.493 e. The molecule has 4 rings (SSSR count). The second-order valence-corrected chi connectivity index (χ2v) is 11.2. The van der Waals surface area contributed by atoms with E-state index in [-0.39, 0.29) is 55.9 Å². The van der Waals surface area contributed by atoms with Gasteiger partial charge in [-0.3, -0.25) is 4.72 Å². The highest BCUT2D eigenvalue weighted by Gasteiger charge is 2.28. The number of rotatable bonds is 10. The van der Waals surface area contributed by atoms with E-state index < -0.39 is 10.0 Å². The van der Waals surface area contributed by atoms with Crippen LogP contribution < -0.4 is 23.8 Å². The van der Waals surface area contributed by atoms with Crippen LogP contribution in [0.1, 0.15) is 0 Å². The van der Waals surface area contributed by atoms with Gasteiger partial charge in [-0.15, -0.1) is 11.3 Å². The zero-order valence-electron chi connectivity index (χ0n) is 18.9. The second-order valence-electron chi connectivity index (χ2n) is 7.22. The Kier molecular flexibility index (Phi) is 8.59. The fraction of sp³-hybridized carbons (Fsp3) is 0.333. The molecule has 1 aromatic carbocycles. The molecule has 1 saturated heterocycles. The molecular formula is C21H22Cl2N4O7S2. The number of benzene rings is 1. The maximum Gasteiger partial charge on any atom is 0.265 e. The number of aromatic nitrogens is 2. The molecule has 0 bridgehead atoms. The van der Waals surface area contributed by atoms with Crippen LogP contribution in [0.15, 0.2) is 35.2 Å². The molecule has 11 nitrogen and oxygen atoms in total. The van der Waals surface area contributed by atoms with Crippen molar-refractivity contribution in [2.24, 2.45) is 0 Å². The first kappa shape index (κ1) is 26.5. The first-order chi connectivity index (χ1) is 17.3. The molecule has 36 heavy (non-hydrogen) atoms. The zero-order valence-corrected chi connectivity index (χ0v) is 22.1. The molecule has 1 fully saturated rings. The monoisotopic (exact) mass is 576 g/mol. The maximum absolute atomic E-state index is 13.3. The molecule has 2 N–H and O–H groups in total. The Labute approximate surface area is 221 Å². The summed E-state index contributed by atoms with van der Waals surface area (Å²) < 4.78 is 51.6. The van der Waals surface area contributed by atoms with E-state index >= 15 is 0 Å². The summed E-state index contributed by atoms with van der Waals surface area (Å²) in [7, 11) is -2.78. The number of thiophene rings is 1. The minimum atomic E-state index is -4.24. The predicted molar refractivity (Wildman–Crippen MR) is 136 cm³/mol. The highest BCUT2D eigenvalue weighted by molar-refractivity contribution is 7.93. The molecule has 1 aliphatic rings.